The zero-order chi connectivity index (χ0) is 15.4. The molecule has 1 amide bonds. The molecule has 1 heterocycles. The van der Waals surface area contributed by atoms with Crippen LogP contribution in [0.4, 0.5) is 5.69 Å². The summed E-state index contributed by atoms with van der Waals surface area (Å²) in [6.07, 6.45) is 1.47. The number of anilines is 1. The third kappa shape index (κ3) is 4.10. The van der Waals surface area contributed by atoms with E-state index in [1.165, 1.54) is 22.9 Å². The van der Waals surface area contributed by atoms with Crippen LogP contribution in [0.1, 0.15) is 5.56 Å². The van der Waals surface area contributed by atoms with Crippen molar-refractivity contribution in [3.63, 3.8) is 0 Å². The summed E-state index contributed by atoms with van der Waals surface area (Å²) in [5.41, 5.74) is 6.74. The molecule has 0 aliphatic carbocycles. The number of benzene rings is 1. The number of nitrogens with zero attached hydrogens (tertiary/aromatic N) is 2. The van der Waals surface area contributed by atoms with Gasteiger partial charge in [-0.15, -0.1) is 0 Å². The first-order valence-corrected chi connectivity index (χ1v) is 6.78. The molecule has 0 saturated carbocycles. The quantitative estimate of drug-likeness (QED) is 0.935. The lowest BCUT2D eigenvalue weighted by Crippen LogP contribution is -2.33. The second-order valence-electron chi connectivity index (χ2n) is 4.81. The lowest BCUT2D eigenvalue weighted by Gasteiger charge is -2.18. The summed E-state index contributed by atoms with van der Waals surface area (Å²) in [6.45, 7) is 0.386. The van der Waals surface area contributed by atoms with Crippen LogP contribution in [0, 0.1) is 0 Å². The van der Waals surface area contributed by atoms with Crippen molar-refractivity contribution in [2.24, 2.45) is 0 Å². The number of pyridine rings is 1. The van der Waals surface area contributed by atoms with Gasteiger partial charge in [0.1, 0.15) is 6.54 Å². The van der Waals surface area contributed by atoms with E-state index in [0.29, 0.717) is 17.3 Å². The number of hydrogen-bond donors (Lipinski definition) is 1. The molecule has 2 rings (SSSR count). The Kier molecular flexibility index (Phi) is 4.65. The molecule has 0 aliphatic heterocycles. The molecule has 21 heavy (non-hydrogen) atoms. The molecule has 2 N–H and O–H groups in total. The molecule has 0 atom stereocenters. The highest BCUT2D eigenvalue weighted by Gasteiger charge is 2.11. The standard InChI is InChI=1S/C15H16ClN3O2/c1-18(8-11-3-2-4-12(16)7-11)15(21)10-19-9-13(17)5-6-14(19)20/h2-7,9H,8,10,17H2,1H3. The van der Waals surface area contributed by atoms with E-state index in [9.17, 15) is 9.59 Å². The number of carbonyl (C=O) groups is 1. The van der Waals surface area contributed by atoms with Gasteiger partial charge in [0.25, 0.3) is 5.56 Å². The van der Waals surface area contributed by atoms with Crippen molar-refractivity contribution >= 4 is 23.2 Å². The lowest BCUT2D eigenvalue weighted by atomic mass is 10.2. The van der Waals surface area contributed by atoms with Gasteiger partial charge in [-0.25, -0.2) is 0 Å². The van der Waals surface area contributed by atoms with E-state index in [1.807, 2.05) is 12.1 Å². The molecule has 0 unspecified atom stereocenters. The normalized spacial score (nSPS) is 10.4. The molecule has 0 spiro atoms. The second-order valence-corrected chi connectivity index (χ2v) is 5.24. The average molecular weight is 306 g/mol. The van der Waals surface area contributed by atoms with Crippen molar-refractivity contribution in [1.29, 1.82) is 0 Å². The minimum Gasteiger partial charge on any atom is -0.398 e. The molecule has 110 valence electrons. The van der Waals surface area contributed by atoms with Gasteiger partial charge in [-0.05, 0) is 23.8 Å². The molecular formula is C15H16ClN3O2. The molecule has 2 aromatic rings. The zero-order valence-corrected chi connectivity index (χ0v) is 12.4. The van der Waals surface area contributed by atoms with E-state index in [2.05, 4.69) is 0 Å². The van der Waals surface area contributed by atoms with Crippen molar-refractivity contribution in [2.45, 2.75) is 13.1 Å². The number of carbonyl (C=O) groups excluding carboxylic acids is 1. The molecule has 0 bridgehead atoms. The first-order chi connectivity index (χ1) is 9.95. The van der Waals surface area contributed by atoms with Crippen molar-refractivity contribution < 1.29 is 4.79 Å². The van der Waals surface area contributed by atoms with Crippen molar-refractivity contribution in [3.8, 4) is 0 Å². The molecule has 1 aromatic heterocycles. The van der Waals surface area contributed by atoms with E-state index in [1.54, 1.807) is 24.1 Å². The number of halogens is 1. The summed E-state index contributed by atoms with van der Waals surface area (Å²) in [5, 5.41) is 0.625. The van der Waals surface area contributed by atoms with Crippen molar-refractivity contribution in [2.75, 3.05) is 12.8 Å². The summed E-state index contributed by atoms with van der Waals surface area (Å²) in [4.78, 5) is 25.4. The maximum absolute atomic E-state index is 12.2. The number of hydrogen-bond acceptors (Lipinski definition) is 3. The highest BCUT2D eigenvalue weighted by molar-refractivity contribution is 6.30. The van der Waals surface area contributed by atoms with Gasteiger partial charge in [0.2, 0.25) is 5.91 Å². The third-order valence-electron chi connectivity index (χ3n) is 3.05. The molecule has 6 heteroatoms. The number of amides is 1. The van der Waals surface area contributed by atoms with Gasteiger partial charge in [0.05, 0.1) is 0 Å². The Labute approximate surface area is 127 Å². The lowest BCUT2D eigenvalue weighted by molar-refractivity contribution is -0.131. The van der Waals surface area contributed by atoms with Crippen LogP contribution in [-0.4, -0.2) is 22.4 Å². The average Bonchev–Trinajstić information content (AvgIpc) is 2.43. The van der Waals surface area contributed by atoms with Gasteiger partial charge in [0, 0.05) is 36.6 Å². The van der Waals surface area contributed by atoms with E-state index >= 15 is 0 Å². The molecule has 1 aromatic carbocycles. The Morgan fingerprint density at radius 3 is 2.81 bits per heavy atom. The van der Waals surface area contributed by atoms with Gasteiger partial charge in [0.15, 0.2) is 0 Å². The maximum Gasteiger partial charge on any atom is 0.251 e. The van der Waals surface area contributed by atoms with Crippen LogP contribution < -0.4 is 11.3 Å². The van der Waals surface area contributed by atoms with Crippen LogP contribution >= 0.6 is 11.6 Å². The highest BCUT2D eigenvalue weighted by atomic mass is 35.5. The number of likely N-dealkylation sites (N-methyl/N-ethyl adjacent to an activating group) is 1. The first-order valence-electron chi connectivity index (χ1n) is 6.40. The van der Waals surface area contributed by atoms with E-state index < -0.39 is 0 Å². The van der Waals surface area contributed by atoms with Crippen LogP contribution in [0.25, 0.3) is 0 Å². The Balaban J connectivity index is 2.06. The first kappa shape index (κ1) is 15.1. The summed E-state index contributed by atoms with van der Waals surface area (Å²) < 4.78 is 1.30. The van der Waals surface area contributed by atoms with Crippen LogP contribution in [-0.2, 0) is 17.9 Å². The topological polar surface area (TPSA) is 68.3 Å². The van der Waals surface area contributed by atoms with E-state index in [4.69, 9.17) is 17.3 Å². The van der Waals surface area contributed by atoms with Crippen LogP contribution in [0.5, 0.6) is 0 Å². The summed E-state index contributed by atoms with van der Waals surface area (Å²) >= 11 is 5.91. The summed E-state index contributed by atoms with van der Waals surface area (Å²) in [5.74, 6) is -0.178. The predicted molar refractivity (Wildman–Crippen MR) is 83.0 cm³/mol. The minimum atomic E-state index is -0.256. The molecular weight excluding hydrogens is 290 g/mol. The zero-order valence-electron chi connectivity index (χ0n) is 11.6. The Morgan fingerprint density at radius 1 is 1.33 bits per heavy atom. The maximum atomic E-state index is 12.2. The van der Waals surface area contributed by atoms with Crippen molar-refractivity contribution in [1.82, 2.24) is 9.47 Å². The highest BCUT2D eigenvalue weighted by Crippen LogP contribution is 2.12. The Hall–Kier alpha value is -2.27. The van der Waals surface area contributed by atoms with Gasteiger partial charge < -0.3 is 15.2 Å². The van der Waals surface area contributed by atoms with Gasteiger partial charge in [-0.1, -0.05) is 23.7 Å². The fraction of sp³-hybridized carbons (Fsp3) is 0.200. The number of rotatable bonds is 4. The third-order valence-corrected chi connectivity index (χ3v) is 3.28. The number of nitrogens with two attached hydrogens (primary N) is 1. The number of aromatic nitrogens is 1. The SMILES string of the molecule is CN(Cc1cccc(Cl)c1)C(=O)Cn1cc(N)ccc1=O. The smallest absolute Gasteiger partial charge is 0.251 e. The van der Waals surface area contributed by atoms with Gasteiger partial charge >= 0.3 is 0 Å². The minimum absolute atomic E-state index is 0.0407. The van der Waals surface area contributed by atoms with Crippen molar-refractivity contribution in [3.05, 3.63) is 63.5 Å². The largest absolute Gasteiger partial charge is 0.398 e. The Morgan fingerprint density at radius 2 is 2.10 bits per heavy atom. The molecule has 0 radical (unpaired) electrons. The molecule has 0 saturated heterocycles. The fourth-order valence-corrected chi connectivity index (χ4v) is 2.15. The fourth-order valence-electron chi connectivity index (χ4n) is 1.94. The summed E-state index contributed by atoms with van der Waals surface area (Å²) in [7, 11) is 1.68. The summed E-state index contributed by atoms with van der Waals surface area (Å²) in [6, 6.07) is 10.2. The van der Waals surface area contributed by atoms with Gasteiger partial charge in [-0.2, -0.15) is 0 Å². The monoisotopic (exact) mass is 305 g/mol. The second kappa shape index (κ2) is 6.45. The molecule has 5 nitrogen and oxygen atoms in total. The van der Waals surface area contributed by atoms with E-state index in [-0.39, 0.29) is 18.0 Å². The molecule has 0 aliphatic rings. The van der Waals surface area contributed by atoms with Crippen LogP contribution in [0.15, 0.2) is 47.4 Å². The van der Waals surface area contributed by atoms with Crippen LogP contribution in [0.2, 0.25) is 5.02 Å². The number of nitrogen functional groups attached to an aromatic ring is 1. The molecule has 0 fully saturated rings. The Bertz CT molecular complexity index is 712. The predicted octanol–water partition coefficient (Wildman–Crippen LogP) is 1.74. The van der Waals surface area contributed by atoms with Gasteiger partial charge in [-0.3, -0.25) is 9.59 Å². The van der Waals surface area contributed by atoms with Crippen LogP contribution in [0.3, 0.4) is 0 Å². The van der Waals surface area contributed by atoms with E-state index in [0.717, 1.165) is 5.56 Å².